The van der Waals surface area contributed by atoms with Crippen LogP contribution in [0.2, 0.25) is 0 Å². The summed E-state index contributed by atoms with van der Waals surface area (Å²) in [6.45, 7) is 5.62. The Morgan fingerprint density at radius 2 is 2.04 bits per heavy atom. The lowest BCUT2D eigenvalue weighted by Gasteiger charge is -2.33. The third-order valence-electron chi connectivity index (χ3n) is 4.83. The third-order valence-corrected chi connectivity index (χ3v) is 4.83. The van der Waals surface area contributed by atoms with Gasteiger partial charge in [0.1, 0.15) is 5.82 Å². The summed E-state index contributed by atoms with van der Waals surface area (Å²) < 4.78 is 2.27. The summed E-state index contributed by atoms with van der Waals surface area (Å²) in [7, 11) is 0. The Hall–Kier alpha value is -2.37. The minimum absolute atomic E-state index is 0.0701. The molecule has 2 heterocycles. The lowest BCUT2D eigenvalue weighted by molar-refractivity contribution is -0.141. The Labute approximate surface area is 147 Å². The number of likely N-dealkylation sites (tertiary alicyclic amines) is 1. The molecule has 0 aliphatic carbocycles. The van der Waals surface area contributed by atoms with Gasteiger partial charge in [0, 0.05) is 31.5 Å². The van der Waals surface area contributed by atoms with Gasteiger partial charge in [0.05, 0.1) is 17.5 Å². The number of aromatic nitrogens is 2. The van der Waals surface area contributed by atoms with Gasteiger partial charge in [-0.2, -0.15) is 0 Å². The molecule has 1 saturated heterocycles. The number of para-hydroxylation sites is 2. The first-order valence-corrected chi connectivity index (χ1v) is 8.93. The van der Waals surface area contributed by atoms with E-state index >= 15 is 0 Å². The number of piperidine rings is 1. The highest BCUT2D eigenvalue weighted by Crippen LogP contribution is 2.31. The molecule has 3 rings (SSSR count). The summed E-state index contributed by atoms with van der Waals surface area (Å²) in [5.74, 6) is 0.229. The largest absolute Gasteiger partial charge is 0.481 e. The molecule has 1 aliphatic heterocycles. The van der Waals surface area contributed by atoms with E-state index in [1.807, 2.05) is 18.2 Å². The van der Waals surface area contributed by atoms with Crippen molar-refractivity contribution in [3.05, 3.63) is 30.1 Å². The summed E-state index contributed by atoms with van der Waals surface area (Å²) in [6.07, 6.45) is 1.89. The molecular formula is C19H25N3O3. The van der Waals surface area contributed by atoms with Crippen LogP contribution in [0.15, 0.2) is 24.3 Å². The van der Waals surface area contributed by atoms with E-state index in [1.165, 1.54) is 0 Å². The summed E-state index contributed by atoms with van der Waals surface area (Å²) in [4.78, 5) is 29.7. The molecule has 2 aromatic rings. The fourth-order valence-corrected chi connectivity index (χ4v) is 3.68. The molecular weight excluding hydrogens is 318 g/mol. The summed E-state index contributed by atoms with van der Waals surface area (Å²) >= 11 is 0. The van der Waals surface area contributed by atoms with E-state index < -0.39 is 5.97 Å². The number of benzene rings is 1. The van der Waals surface area contributed by atoms with Crippen molar-refractivity contribution in [3.8, 4) is 0 Å². The van der Waals surface area contributed by atoms with Crippen molar-refractivity contribution >= 4 is 22.9 Å². The van der Waals surface area contributed by atoms with Gasteiger partial charge < -0.3 is 14.6 Å². The minimum Gasteiger partial charge on any atom is -0.481 e. The predicted octanol–water partition coefficient (Wildman–Crippen LogP) is 3.19. The number of amides is 1. The topological polar surface area (TPSA) is 75.4 Å². The minimum atomic E-state index is -0.927. The van der Waals surface area contributed by atoms with Crippen molar-refractivity contribution in [2.45, 2.75) is 51.5 Å². The zero-order valence-electron chi connectivity index (χ0n) is 14.8. The van der Waals surface area contributed by atoms with Crippen LogP contribution in [0.1, 0.15) is 57.3 Å². The van der Waals surface area contributed by atoms with Crippen LogP contribution in [-0.4, -0.2) is 44.5 Å². The molecule has 6 nitrogen and oxygen atoms in total. The van der Waals surface area contributed by atoms with Crippen LogP contribution in [0.5, 0.6) is 0 Å². The van der Waals surface area contributed by atoms with Crippen molar-refractivity contribution in [2.75, 3.05) is 13.1 Å². The molecule has 0 spiro atoms. The molecule has 0 bridgehead atoms. The molecule has 1 atom stereocenters. The average molecular weight is 343 g/mol. The maximum atomic E-state index is 12.3. The molecule has 1 aromatic carbocycles. The monoisotopic (exact) mass is 343 g/mol. The number of carboxylic acid groups (broad SMARTS) is 1. The number of carbonyl (C=O) groups excluding carboxylic acids is 1. The van der Waals surface area contributed by atoms with Gasteiger partial charge in [0.2, 0.25) is 5.91 Å². The van der Waals surface area contributed by atoms with E-state index in [1.54, 1.807) is 4.90 Å². The standard InChI is InChI=1S/C19H25N3O3/c1-13(2)22-16-8-4-3-7-15(16)20-19(22)14-6-5-11-21(12-14)17(23)9-10-18(24)25/h3-4,7-8,13-14H,5-6,9-12H2,1-2H3,(H,24,25). The number of carboxylic acids is 1. The maximum absolute atomic E-state index is 12.3. The molecule has 134 valence electrons. The highest BCUT2D eigenvalue weighted by atomic mass is 16.4. The molecule has 1 amide bonds. The molecule has 1 aliphatic rings. The maximum Gasteiger partial charge on any atom is 0.303 e. The molecule has 1 unspecified atom stereocenters. The first-order valence-electron chi connectivity index (χ1n) is 8.93. The van der Waals surface area contributed by atoms with Crippen molar-refractivity contribution in [1.29, 1.82) is 0 Å². The average Bonchev–Trinajstić information content (AvgIpc) is 2.99. The van der Waals surface area contributed by atoms with Crippen molar-refractivity contribution in [2.24, 2.45) is 0 Å². The Bertz CT molecular complexity index is 781. The Balaban J connectivity index is 1.84. The van der Waals surface area contributed by atoms with Gasteiger partial charge in [-0.25, -0.2) is 4.98 Å². The smallest absolute Gasteiger partial charge is 0.303 e. The number of carbonyl (C=O) groups is 2. The number of fused-ring (bicyclic) bond motifs is 1. The van der Waals surface area contributed by atoms with E-state index in [4.69, 9.17) is 10.1 Å². The highest BCUT2D eigenvalue weighted by Gasteiger charge is 2.29. The van der Waals surface area contributed by atoms with Crippen LogP contribution in [0.4, 0.5) is 0 Å². The number of rotatable bonds is 5. The van der Waals surface area contributed by atoms with Crippen LogP contribution in [-0.2, 0) is 9.59 Å². The van der Waals surface area contributed by atoms with E-state index in [0.717, 1.165) is 29.7 Å². The van der Waals surface area contributed by atoms with Gasteiger partial charge >= 0.3 is 5.97 Å². The number of nitrogens with zero attached hydrogens (tertiary/aromatic N) is 3. The van der Waals surface area contributed by atoms with Crippen LogP contribution in [0.25, 0.3) is 11.0 Å². The van der Waals surface area contributed by atoms with Gasteiger partial charge in [0.25, 0.3) is 0 Å². The normalized spacial score (nSPS) is 18.0. The predicted molar refractivity (Wildman–Crippen MR) is 95.5 cm³/mol. The van der Waals surface area contributed by atoms with E-state index in [0.29, 0.717) is 19.1 Å². The SMILES string of the molecule is CC(C)n1c(C2CCCN(C(=O)CCC(=O)O)C2)nc2ccccc21. The van der Waals surface area contributed by atoms with Gasteiger partial charge in [-0.3, -0.25) is 9.59 Å². The molecule has 25 heavy (non-hydrogen) atoms. The summed E-state index contributed by atoms with van der Waals surface area (Å²) in [6, 6.07) is 8.42. The number of hydrogen-bond donors (Lipinski definition) is 1. The Morgan fingerprint density at radius 3 is 2.76 bits per heavy atom. The Kier molecular flexibility index (Phi) is 5.06. The molecule has 1 fully saturated rings. The van der Waals surface area contributed by atoms with Crippen molar-refractivity contribution in [1.82, 2.24) is 14.5 Å². The molecule has 1 N–H and O–H groups in total. The second kappa shape index (κ2) is 7.25. The molecule has 0 saturated carbocycles. The summed E-state index contributed by atoms with van der Waals surface area (Å²) in [5.41, 5.74) is 2.11. The molecule has 6 heteroatoms. The Morgan fingerprint density at radius 1 is 1.28 bits per heavy atom. The second-order valence-corrected chi connectivity index (χ2v) is 7.00. The highest BCUT2D eigenvalue weighted by molar-refractivity contribution is 5.81. The summed E-state index contributed by atoms with van der Waals surface area (Å²) in [5, 5.41) is 8.78. The molecule has 0 radical (unpaired) electrons. The van der Waals surface area contributed by atoms with Gasteiger partial charge in [-0.05, 0) is 38.8 Å². The number of aliphatic carboxylic acids is 1. The van der Waals surface area contributed by atoms with E-state index in [2.05, 4.69) is 24.5 Å². The van der Waals surface area contributed by atoms with Crippen molar-refractivity contribution < 1.29 is 14.7 Å². The number of imidazole rings is 1. The van der Waals surface area contributed by atoms with E-state index in [9.17, 15) is 9.59 Å². The quantitative estimate of drug-likeness (QED) is 0.904. The zero-order valence-corrected chi connectivity index (χ0v) is 14.8. The lowest BCUT2D eigenvalue weighted by Crippen LogP contribution is -2.40. The van der Waals surface area contributed by atoms with Gasteiger partial charge in [-0.1, -0.05) is 12.1 Å². The number of hydrogen-bond acceptors (Lipinski definition) is 3. The van der Waals surface area contributed by atoms with Gasteiger partial charge in [0.15, 0.2) is 0 Å². The van der Waals surface area contributed by atoms with Crippen LogP contribution in [0, 0.1) is 0 Å². The van der Waals surface area contributed by atoms with Crippen LogP contribution < -0.4 is 0 Å². The first kappa shape index (κ1) is 17.5. The lowest BCUT2D eigenvalue weighted by atomic mass is 9.96. The fourth-order valence-electron chi connectivity index (χ4n) is 3.68. The van der Waals surface area contributed by atoms with Gasteiger partial charge in [-0.15, -0.1) is 0 Å². The fraction of sp³-hybridized carbons (Fsp3) is 0.526. The zero-order chi connectivity index (χ0) is 18.0. The second-order valence-electron chi connectivity index (χ2n) is 7.00. The first-order chi connectivity index (χ1) is 12.0. The van der Waals surface area contributed by atoms with Crippen LogP contribution in [0.3, 0.4) is 0 Å². The van der Waals surface area contributed by atoms with E-state index in [-0.39, 0.29) is 24.7 Å². The molecule has 1 aromatic heterocycles. The van der Waals surface area contributed by atoms with Crippen LogP contribution >= 0.6 is 0 Å². The van der Waals surface area contributed by atoms with Crippen molar-refractivity contribution in [3.63, 3.8) is 0 Å². The third kappa shape index (κ3) is 3.67.